The zero-order chi connectivity index (χ0) is 14.8. The number of hydrogen-bond acceptors (Lipinski definition) is 5. The number of carbonyl (C=O) groups is 1. The van der Waals surface area contributed by atoms with E-state index in [1.165, 1.54) is 17.9 Å². The highest BCUT2D eigenvalue weighted by atomic mass is 32.2. The van der Waals surface area contributed by atoms with E-state index in [0.717, 1.165) is 37.0 Å². The Bertz CT molecular complexity index is 579. The highest BCUT2D eigenvalue weighted by molar-refractivity contribution is 7.91. The Morgan fingerprint density at radius 2 is 2.25 bits per heavy atom. The molecule has 5 nitrogen and oxygen atoms in total. The maximum atomic E-state index is 12.0. The van der Waals surface area contributed by atoms with Crippen LogP contribution in [0.1, 0.15) is 49.4 Å². The fourth-order valence-electron chi connectivity index (χ4n) is 2.51. The molecule has 2 N–H and O–H groups in total. The Kier molecular flexibility index (Phi) is 4.82. The SMILES string of the molecule is CCC1CCCC(OC(=O)c2csc(S(N)(=O)=O)c2)C1. The minimum atomic E-state index is -3.75. The average Bonchev–Trinajstić information content (AvgIpc) is 2.88. The van der Waals surface area contributed by atoms with E-state index in [2.05, 4.69) is 6.92 Å². The van der Waals surface area contributed by atoms with Crippen LogP contribution in [0.3, 0.4) is 0 Å². The van der Waals surface area contributed by atoms with Crippen LogP contribution < -0.4 is 5.14 Å². The lowest BCUT2D eigenvalue weighted by molar-refractivity contribution is 0.0140. The van der Waals surface area contributed by atoms with Gasteiger partial charge >= 0.3 is 5.97 Å². The lowest BCUT2D eigenvalue weighted by Gasteiger charge is -2.28. The van der Waals surface area contributed by atoms with Crippen LogP contribution in [-0.2, 0) is 14.8 Å². The summed E-state index contributed by atoms with van der Waals surface area (Å²) in [4.78, 5) is 12.0. The number of sulfonamides is 1. The van der Waals surface area contributed by atoms with Crippen LogP contribution in [0, 0.1) is 5.92 Å². The van der Waals surface area contributed by atoms with E-state index in [1.807, 2.05) is 0 Å². The van der Waals surface area contributed by atoms with Gasteiger partial charge in [-0.05, 0) is 31.2 Å². The average molecular weight is 317 g/mol. The number of primary sulfonamides is 1. The topological polar surface area (TPSA) is 86.5 Å². The molecule has 0 radical (unpaired) electrons. The molecule has 1 fully saturated rings. The molecule has 1 aliphatic rings. The second-order valence-corrected chi connectivity index (χ2v) is 7.87. The number of thiophene rings is 1. The van der Waals surface area contributed by atoms with Gasteiger partial charge in [0.2, 0.25) is 10.0 Å². The van der Waals surface area contributed by atoms with E-state index < -0.39 is 16.0 Å². The van der Waals surface area contributed by atoms with E-state index in [4.69, 9.17) is 9.88 Å². The van der Waals surface area contributed by atoms with Crippen molar-refractivity contribution in [1.82, 2.24) is 0 Å². The first-order valence-corrected chi connectivity index (χ1v) is 9.15. The molecule has 0 amide bonds. The summed E-state index contributed by atoms with van der Waals surface area (Å²) in [6, 6.07) is 1.28. The first kappa shape index (κ1) is 15.5. The molecule has 112 valence electrons. The van der Waals surface area contributed by atoms with Crippen molar-refractivity contribution >= 4 is 27.3 Å². The smallest absolute Gasteiger partial charge is 0.339 e. The van der Waals surface area contributed by atoms with Crippen LogP contribution in [0.15, 0.2) is 15.7 Å². The highest BCUT2D eigenvalue weighted by Crippen LogP contribution is 2.29. The summed E-state index contributed by atoms with van der Waals surface area (Å²) in [6.07, 6.45) is 5.09. The van der Waals surface area contributed by atoms with Crippen LogP contribution in [0.2, 0.25) is 0 Å². The Balaban J connectivity index is 2.00. The quantitative estimate of drug-likeness (QED) is 0.864. The van der Waals surface area contributed by atoms with Crippen molar-refractivity contribution in [3.8, 4) is 0 Å². The summed E-state index contributed by atoms with van der Waals surface area (Å²) in [6.45, 7) is 2.14. The van der Waals surface area contributed by atoms with Gasteiger partial charge in [0.15, 0.2) is 0 Å². The monoisotopic (exact) mass is 317 g/mol. The minimum Gasteiger partial charge on any atom is -0.459 e. The summed E-state index contributed by atoms with van der Waals surface area (Å²) in [5.41, 5.74) is 0.262. The van der Waals surface area contributed by atoms with Crippen LogP contribution in [0.4, 0.5) is 0 Å². The van der Waals surface area contributed by atoms with Gasteiger partial charge in [-0.15, -0.1) is 11.3 Å². The number of esters is 1. The van der Waals surface area contributed by atoms with E-state index in [0.29, 0.717) is 5.92 Å². The van der Waals surface area contributed by atoms with E-state index in [9.17, 15) is 13.2 Å². The molecule has 7 heteroatoms. The third kappa shape index (κ3) is 3.80. The first-order valence-electron chi connectivity index (χ1n) is 6.72. The maximum Gasteiger partial charge on any atom is 0.339 e. The van der Waals surface area contributed by atoms with Crippen molar-refractivity contribution < 1.29 is 17.9 Å². The van der Waals surface area contributed by atoms with Crippen molar-refractivity contribution in [2.75, 3.05) is 0 Å². The molecular formula is C13H19NO4S2. The summed E-state index contributed by atoms with van der Waals surface area (Å²) in [7, 11) is -3.75. The van der Waals surface area contributed by atoms with Crippen LogP contribution >= 0.6 is 11.3 Å². The van der Waals surface area contributed by atoms with E-state index >= 15 is 0 Å². The van der Waals surface area contributed by atoms with Crippen LogP contribution in [0.5, 0.6) is 0 Å². The Morgan fingerprint density at radius 3 is 2.85 bits per heavy atom. The highest BCUT2D eigenvalue weighted by Gasteiger charge is 2.25. The Labute approximate surface area is 123 Å². The maximum absolute atomic E-state index is 12.0. The molecule has 1 saturated carbocycles. The number of carbonyl (C=O) groups excluding carboxylic acids is 1. The van der Waals surface area contributed by atoms with Gasteiger partial charge in [0, 0.05) is 5.38 Å². The second-order valence-electron chi connectivity index (χ2n) is 5.17. The molecule has 0 spiro atoms. The number of nitrogens with two attached hydrogens (primary N) is 1. The molecule has 2 unspecified atom stereocenters. The molecule has 1 heterocycles. The van der Waals surface area contributed by atoms with Gasteiger partial charge < -0.3 is 4.74 Å². The van der Waals surface area contributed by atoms with Crippen molar-refractivity contribution in [3.05, 3.63) is 17.0 Å². The van der Waals surface area contributed by atoms with Crippen molar-refractivity contribution in [2.45, 2.75) is 49.3 Å². The lowest BCUT2D eigenvalue weighted by Crippen LogP contribution is -2.25. The standard InChI is InChI=1S/C13H19NO4S2/c1-2-9-4-3-5-11(6-9)18-13(15)10-7-12(19-8-10)20(14,16)17/h7-9,11H,2-6H2,1H3,(H2,14,16,17). The zero-order valence-corrected chi connectivity index (χ0v) is 13.0. The number of hydrogen-bond donors (Lipinski definition) is 1. The van der Waals surface area contributed by atoms with Crippen LogP contribution in [0.25, 0.3) is 0 Å². The van der Waals surface area contributed by atoms with Gasteiger partial charge in [-0.2, -0.15) is 0 Å². The molecule has 2 atom stereocenters. The van der Waals surface area contributed by atoms with Crippen LogP contribution in [-0.4, -0.2) is 20.5 Å². The van der Waals surface area contributed by atoms with E-state index in [-0.39, 0.29) is 15.9 Å². The third-order valence-electron chi connectivity index (χ3n) is 3.68. The van der Waals surface area contributed by atoms with Gasteiger partial charge in [0.25, 0.3) is 0 Å². The van der Waals surface area contributed by atoms with Crippen molar-refractivity contribution in [3.63, 3.8) is 0 Å². The first-order chi connectivity index (χ1) is 9.40. The fraction of sp³-hybridized carbons (Fsp3) is 0.615. The molecule has 1 aromatic rings. The molecule has 1 aliphatic carbocycles. The molecule has 0 saturated heterocycles. The fourth-order valence-corrected chi connectivity index (χ4v) is 4.09. The Morgan fingerprint density at radius 1 is 1.50 bits per heavy atom. The number of ether oxygens (including phenoxy) is 1. The molecule has 1 aromatic heterocycles. The number of rotatable bonds is 4. The van der Waals surface area contributed by atoms with Gasteiger partial charge in [0.1, 0.15) is 10.3 Å². The van der Waals surface area contributed by atoms with E-state index in [1.54, 1.807) is 0 Å². The molecule has 20 heavy (non-hydrogen) atoms. The minimum absolute atomic E-state index is 0.0143. The third-order valence-corrected chi connectivity index (χ3v) is 6.06. The summed E-state index contributed by atoms with van der Waals surface area (Å²) < 4.78 is 27.8. The lowest BCUT2D eigenvalue weighted by atomic mass is 9.85. The van der Waals surface area contributed by atoms with Crippen molar-refractivity contribution in [2.24, 2.45) is 11.1 Å². The summed E-state index contributed by atoms with van der Waals surface area (Å²) in [5.74, 6) is 0.155. The Hall–Kier alpha value is -0.920. The normalized spacial score (nSPS) is 23.5. The van der Waals surface area contributed by atoms with Gasteiger partial charge in [-0.25, -0.2) is 18.4 Å². The van der Waals surface area contributed by atoms with Gasteiger partial charge in [-0.1, -0.05) is 19.8 Å². The zero-order valence-electron chi connectivity index (χ0n) is 11.4. The molecule has 2 rings (SSSR count). The molecule has 0 aromatic carbocycles. The molecule has 0 bridgehead atoms. The second kappa shape index (κ2) is 6.24. The molecule has 0 aliphatic heterocycles. The van der Waals surface area contributed by atoms with Crippen molar-refractivity contribution in [1.29, 1.82) is 0 Å². The van der Waals surface area contributed by atoms with Gasteiger partial charge in [-0.3, -0.25) is 0 Å². The predicted octanol–water partition coefficient (Wildman–Crippen LogP) is 2.52. The summed E-state index contributed by atoms with van der Waals surface area (Å²) in [5, 5.41) is 6.50. The molecular weight excluding hydrogens is 298 g/mol. The summed E-state index contributed by atoms with van der Waals surface area (Å²) >= 11 is 0.938. The van der Waals surface area contributed by atoms with Gasteiger partial charge in [0.05, 0.1) is 5.56 Å². The largest absolute Gasteiger partial charge is 0.459 e. The predicted molar refractivity (Wildman–Crippen MR) is 77.1 cm³/mol.